The minimum Gasteiger partial charge on any atom is -0.488 e. The molecule has 0 aliphatic heterocycles. The van der Waals surface area contributed by atoms with Gasteiger partial charge in [0.1, 0.15) is 12.4 Å². The maximum absolute atomic E-state index is 13.2. The number of ether oxygens (including phenoxy) is 2. The van der Waals surface area contributed by atoms with Crippen molar-refractivity contribution in [3.63, 3.8) is 0 Å². The maximum atomic E-state index is 13.2. The van der Waals surface area contributed by atoms with Crippen molar-refractivity contribution in [3.8, 4) is 5.75 Å². The van der Waals surface area contributed by atoms with Crippen LogP contribution in [-0.2, 0) is 22.6 Å². The zero-order chi connectivity index (χ0) is 17.7. The Morgan fingerprint density at radius 3 is 2.58 bits per heavy atom. The summed E-state index contributed by atoms with van der Waals surface area (Å²) in [5.41, 5.74) is 3.14. The molecule has 0 amide bonds. The van der Waals surface area contributed by atoms with Crippen LogP contribution in [0.25, 0.3) is 0 Å². The van der Waals surface area contributed by atoms with Crippen molar-refractivity contribution in [2.24, 2.45) is 0 Å². The molecule has 0 aliphatic carbocycles. The van der Waals surface area contributed by atoms with Gasteiger partial charge in [-0.25, -0.2) is 8.78 Å². The molecule has 3 nitrogen and oxygen atoms in total. The summed E-state index contributed by atoms with van der Waals surface area (Å²) in [6.07, 6.45) is -2.49. The van der Waals surface area contributed by atoms with Crippen molar-refractivity contribution < 1.29 is 23.0 Å². The Hall–Kier alpha value is -2.43. The Morgan fingerprint density at radius 1 is 1.17 bits per heavy atom. The van der Waals surface area contributed by atoms with Gasteiger partial charge in [0.15, 0.2) is 0 Å². The highest BCUT2D eigenvalue weighted by Crippen LogP contribution is 2.31. The average molecular weight is 334 g/mol. The van der Waals surface area contributed by atoms with Gasteiger partial charge < -0.3 is 9.47 Å². The molecule has 0 bridgehead atoms. The van der Waals surface area contributed by atoms with E-state index in [0.717, 1.165) is 22.3 Å². The molecular weight excluding hydrogens is 314 g/mol. The van der Waals surface area contributed by atoms with Crippen LogP contribution in [0.15, 0.2) is 36.4 Å². The average Bonchev–Trinajstić information content (AvgIpc) is 2.55. The van der Waals surface area contributed by atoms with Crippen LogP contribution in [0.4, 0.5) is 8.78 Å². The quantitative estimate of drug-likeness (QED) is 0.728. The van der Waals surface area contributed by atoms with Gasteiger partial charge in [0.2, 0.25) is 0 Å². The second kappa shape index (κ2) is 7.90. The number of rotatable bonds is 6. The van der Waals surface area contributed by atoms with E-state index in [2.05, 4.69) is 0 Å². The lowest BCUT2D eigenvalue weighted by Crippen LogP contribution is -2.10. The van der Waals surface area contributed by atoms with E-state index in [1.807, 2.05) is 25.1 Å². The first-order valence-electron chi connectivity index (χ1n) is 7.58. The van der Waals surface area contributed by atoms with E-state index in [1.54, 1.807) is 19.1 Å². The number of hydrogen-bond donors (Lipinski definition) is 0. The molecule has 0 radical (unpaired) electrons. The van der Waals surface area contributed by atoms with Gasteiger partial charge in [-0.1, -0.05) is 29.8 Å². The van der Waals surface area contributed by atoms with Crippen molar-refractivity contribution in [2.45, 2.75) is 33.3 Å². The van der Waals surface area contributed by atoms with Gasteiger partial charge in [0.25, 0.3) is 6.43 Å². The molecule has 0 spiro atoms. The second-order valence-electron chi connectivity index (χ2n) is 5.60. The van der Waals surface area contributed by atoms with E-state index in [-0.39, 0.29) is 30.3 Å². The smallest absolute Gasteiger partial charge is 0.309 e. The summed E-state index contributed by atoms with van der Waals surface area (Å²) in [6, 6.07) is 10.2. The molecule has 0 fully saturated rings. The number of halogens is 2. The fraction of sp³-hybridized carbons (Fsp3) is 0.316. The van der Waals surface area contributed by atoms with Crippen LogP contribution in [-0.4, -0.2) is 13.1 Å². The first kappa shape index (κ1) is 17.9. The topological polar surface area (TPSA) is 35.5 Å². The summed E-state index contributed by atoms with van der Waals surface area (Å²) in [5.74, 6) is -0.201. The van der Waals surface area contributed by atoms with E-state index in [1.165, 1.54) is 13.2 Å². The van der Waals surface area contributed by atoms with Crippen molar-refractivity contribution in [1.29, 1.82) is 0 Å². The van der Waals surface area contributed by atoms with E-state index in [9.17, 15) is 13.6 Å². The lowest BCUT2D eigenvalue weighted by atomic mass is 10.00. The van der Waals surface area contributed by atoms with Gasteiger partial charge in [0.05, 0.1) is 19.1 Å². The molecule has 128 valence electrons. The van der Waals surface area contributed by atoms with Gasteiger partial charge in [-0.15, -0.1) is 0 Å². The molecule has 0 N–H and O–H groups in total. The summed E-state index contributed by atoms with van der Waals surface area (Å²) in [6.45, 7) is 3.76. The zero-order valence-corrected chi connectivity index (χ0v) is 13.9. The number of carbonyl (C=O) groups excluding carboxylic acids is 1. The molecule has 2 aromatic rings. The number of aryl methyl sites for hydroxylation is 2. The van der Waals surface area contributed by atoms with Crippen molar-refractivity contribution in [3.05, 3.63) is 64.2 Å². The summed E-state index contributed by atoms with van der Waals surface area (Å²) in [4.78, 5) is 11.5. The van der Waals surface area contributed by atoms with E-state index < -0.39 is 6.43 Å². The summed E-state index contributed by atoms with van der Waals surface area (Å²) < 4.78 is 36.7. The first-order chi connectivity index (χ1) is 11.4. The highest BCUT2D eigenvalue weighted by molar-refractivity contribution is 5.73. The molecule has 2 rings (SSSR count). The molecule has 0 saturated carbocycles. The van der Waals surface area contributed by atoms with Crippen LogP contribution in [0, 0.1) is 13.8 Å². The fourth-order valence-electron chi connectivity index (χ4n) is 2.48. The van der Waals surface area contributed by atoms with Crippen LogP contribution >= 0.6 is 0 Å². The van der Waals surface area contributed by atoms with Crippen LogP contribution in [0.5, 0.6) is 5.75 Å². The number of hydrogen-bond acceptors (Lipinski definition) is 3. The van der Waals surface area contributed by atoms with Gasteiger partial charge in [-0.3, -0.25) is 4.79 Å². The molecule has 0 saturated heterocycles. The number of alkyl halides is 2. The zero-order valence-electron chi connectivity index (χ0n) is 13.9. The van der Waals surface area contributed by atoms with Crippen molar-refractivity contribution in [2.75, 3.05) is 7.11 Å². The van der Waals surface area contributed by atoms with Crippen LogP contribution in [0.2, 0.25) is 0 Å². The van der Waals surface area contributed by atoms with E-state index in [4.69, 9.17) is 9.47 Å². The number of methoxy groups -OCH3 is 1. The Kier molecular flexibility index (Phi) is 5.90. The molecular formula is C19H20F2O3. The monoisotopic (exact) mass is 334 g/mol. The third-order valence-electron chi connectivity index (χ3n) is 3.84. The molecule has 5 heteroatoms. The minimum atomic E-state index is -2.61. The fourth-order valence-corrected chi connectivity index (χ4v) is 2.48. The van der Waals surface area contributed by atoms with Gasteiger partial charge in [-0.05, 0) is 42.7 Å². The molecule has 0 aromatic heterocycles. The molecule has 0 unspecified atom stereocenters. The predicted molar refractivity (Wildman–Crippen MR) is 87.4 cm³/mol. The predicted octanol–water partition coefficient (Wildman–Crippen LogP) is 4.54. The number of esters is 1. The standard InChI is InChI=1S/C19H20F2O3/c1-12-7-8-17(15(9-12)19(20)21)24-11-16-13(2)5-4-6-14(16)10-18(22)23-3/h4-9,19H,10-11H2,1-3H3. The molecule has 24 heavy (non-hydrogen) atoms. The lowest BCUT2D eigenvalue weighted by Gasteiger charge is -2.15. The Balaban J connectivity index is 2.25. The molecule has 2 aromatic carbocycles. The molecule has 0 heterocycles. The number of carbonyl (C=O) groups is 1. The third kappa shape index (κ3) is 4.31. The Labute approximate surface area is 140 Å². The third-order valence-corrected chi connectivity index (χ3v) is 3.84. The van der Waals surface area contributed by atoms with E-state index in [0.29, 0.717) is 0 Å². The lowest BCUT2D eigenvalue weighted by molar-refractivity contribution is -0.139. The van der Waals surface area contributed by atoms with Gasteiger partial charge in [-0.2, -0.15) is 0 Å². The Bertz CT molecular complexity index is 727. The summed E-state index contributed by atoms with van der Waals surface area (Å²) >= 11 is 0. The SMILES string of the molecule is COC(=O)Cc1cccc(C)c1COc1ccc(C)cc1C(F)F. The van der Waals surface area contributed by atoms with Crippen LogP contribution < -0.4 is 4.74 Å². The summed E-state index contributed by atoms with van der Waals surface area (Å²) in [7, 11) is 1.33. The first-order valence-corrected chi connectivity index (χ1v) is 7.58. The largest absolute Gasteiger partial charge is 0.488 e. The van der Waals surface area contributed by atoms with Crippen LogP contribution in [0.3, 0.4) is 0 Å². The maximum Gasteiger partial charge on any atom is 0.309 e. The van der Waals surface area contributed by atoms with Gasteiger partial charge >= 0.3 is 5.97 Å². The molecule has 0 atom stereocenters. The highest BCUT2D eigenvalue weighted by Gasteiger charge is 2.16. The normalized spacial score (nSPS) is 10.8. The molecule has 0 aliphatic rings. The summed E-state index contributed by atoms with van der Waals surface area (Å²) in [5, 5.41) is 0. The van der Waals surface area contributed by atoms with Crippen molar-refractivity contribution in [1.82, 2.24) is 0 Å². The van der Waals surface area contributed by atoms with E-state index >= 15 is 0 Å². The Morgan fingerprint density at radius 2 is 1.92 bits per heavy atom. The van der Waals surface area contributed by atoms with Crippen LogP contribution in [0.1, 0.15) is 34.2 Å². The second-order valence-corrected chi connectivity index (χ2v) is 5.60. The minimum absolute atomic E-state index is 0.113. The van der Waals surface area contributed by atoms with Gasteiger partial charge in [0, 0.05) is 0 Å². The van der Waals surface area contributed by atoms with Crippen molar-refractivity contribution >= 4 is 5.97 Å². The highest BCUT2D eigenvalue weighted by atomic mass is 19.3. The number of benzene rings is 2.